The van der Waals surface area contributed by atoms with E-state index in [2.05, 4.69) is 15.9 Å². The molecule has 2 aliphatic carbocycles. The van der Waals surface area contributed by atoms with Crippen LogP contribution in [-0.4, -0.2) is 5.33 Å². The molecular formula is C8H13Br. The van der Waals surface area contributed by atoms with Crippen LogP contribution in [0.1, 0.15) is 32.1 Å². The van der Waals surface area contributed by atoms with Crippen molar-refractivity contribution in [2.75, 3.05) is 5.33 Å². The van der Waals surface area contributed by atoms with Crippen molar-refractivity contribution in [1.29, 1.82) is 0 Å². The van der Waals surface area contributed by atoms with Crippen molar-refractivity contribution in [3.05, 3.63) is 0 Å². The van der Waals surface area contributed by atoms with Crippen molar-refractivity contribution >= 4 is 15.9 Å². The van der Waals surface area contributed by atoms with Gasteiger partial charge in [0.25, 0.3) is 0 Å². The maximum Gasteiger partial charge on any atom is 0.00649 e. The van der Waals surface area contributed by atoms with Crippen molar-refractivity contribution < 1.29 is 0 Å². The van der Waals surface area contributed by atoms with E-state index in [0.29, 0.717) is 0 Å². The minimum atomic E-state index is 0.865. The van der Waals surface area contributed by atoms with Crippen LogP contribution >= 0.6 is 15.9 Å². The summed E-state index contributed by atoms with van der Waals surface area (Å²) < 4.78 is 0. The summed E-state index contributed by atoms with van der Waals surface area (Å²) in [6, 6.07) is 0. The molecule has 1 spiro atoms. The molecule has 2 saturated carbocycles. The number of alkyl halides is 1. The highest BCUT2D eigenvalue weighted by atomic mass is 79.9. The van der Waals surface area contributed by atoms with E-state index in [4.69, 9.17) is 0 Å². The largest absolute Gasteiger partial charge is 0.0925 e. The predicted molar refractivity (Wildman–Crippen MR) is 42.8 cm³/mol. The molecule has 0 radical (unpaired) electrons. The normalized spacial score (nSPS) is 37.7. The Morgan fingerprint density at radius 1 is 1.33 bits per heavy atom. The zero-order valence-electron chi connectivity index (χ0n) is 5.70. The Morgan fingerprint density at radius 2 is 2.11 bits per heavy atom. The second-order valence-corrected chi connectivity index (χ2v) is 4.25. The fourth-order valence-electron chi connectivity index (χ4n) is 2.29. The summed E-state index contributed by atoms with van der Waals surface area (Å²) in [6.07, 6.45) is 7.59. The average Bonchev–Trinajstić information content (AvgIpc) is 1.59. The van der Waals surface area contributed by atoms with Crippen LogP contribution in [0.5, 0.6) is 0 Å². The molecule has 1 heteroatoms. The molecule has 0 heterocycles. The lowest BCUT2D eigenvalue weighted by molar-refractivity contribution is -0.0341. The molecule has 52 valence electrons. The summed E-state index contributed by atoms with van der Waals surface area (Å²) in [5, 5.41) is 1.26. The van der Waals surface area contributed by atoms with E-state index in [9.17, 15) is 0 Å². The standard InChI is InChI=1S/C8H13Br/c9-6-7-2-5-8(7)3-1-4-8/h7H,1-6H2. The third-order valence-electron chi connectivity index (χ3n) is 3.39. The molecule has 1 atom stereocenters. The lowest BCUT2D eigenvalue weighted by Gasteiger charge is -2.55. The monoisotopic (exact) mass is 188 g/mol. The summed E-state index contributed by atoms with van der Waals surface area (Å²) in [4.78, 5) is 0. The molecule has 9 heavy (non-hydrogen) atoms. The summed E-state index contributed by atoms with van der Waals surface area (Å²) in [5.74, 6) is 1.05. The van der Waals surface area contributed by atoms with Gasteiger partial charge in [-0.2, -0.15) is 0 Å². The van der Waals surface area contributed by atoms with Crippen LogP contribution in [0, 0.1) is 11.3 Å². The maximum atomic E-state index is 3.58. The van der Waals surface area contributed by atoms with E-state index in [1.807, 2.05) is 0 Å². The third-order valence-corrected chi connectivity index (χ3v) is 4.17. The van der Waals surface area contributed by atoms with Crippen molar-refractivity contribution in [2.24, 2.45) is 11.3 Å². The first-order valence-electron chi connectivity index (χ1n) is 3.93. The number of hydrogen-bond donors (Lipinski definition) is 0. The lowest BCUT2D eigenvalue weighted by atomic mass is 9.50. The summed E-state index contributed by atoms with van der Waals surface area (Å²) in [6.45, 7) is 0. The van der Waals surface area contributed by atoms with E-state index >= 15 is 0 Å². The van der Waals surface area contributed by atoms with E-state index in [-0.39, 0.29) is 0 Å². The molecule has 0 saturated heterocycles. The Bertz CT molecular complexity index is 108. The molecule has 0 bridgehead atoms. The van der Waals surface area contributed by atoms with E-state index in [1.165, 1.54) is 37.4 Å². The number of rotatable bonds is 1. The van der Waals surface area contributed by atoms with Gasteiger partial charge < -0.3 is 0 Å². The smallest absolute Gasteiger partial charge is 0.00649 e. The van der Waals surface area contributed by atoms with Crippen molar-refractivity contribution in [3.63, 3.8) is 0 Å². The first kappa shape index (κ1) is 6.21. The molecular weight excluding hydrogens is 176 g/mol. The predicted octanol–water partition coefficient (Wildman–Crippen LogP) is 2.96. The molecule has 0 nitrogen and oxygen atoms in total. The average molecular weight is 189 g/mol. The Balaban J connectivity index is 1.97. The van der Waals surface area contributed by atoms with Crippen LogP contribution < -0.4 is 0 Å². The molecule has 2 rings (SSSR count). The van der Waals surface area contributed by atoms with Gasteiger partial charge >= 0.3 is 0 Å². The van der Waals surface area contributed by atoms with Crippen LogP contribution in [0.4, 0.5) is 0 Å². The van der Waals surface area contributed by atoms with Crippen LogP contribution in [0.3, 0.4) is 0 Å². The highest BCUT2D eigenvalue weighted by Gasteiger charge is 2.49. The zero-order chi connectivity index (χ0) is 6.32. The first-order valence-corrected chi connectivity index (χ1v) is 5.05. The highest BCUT2D eigenvalue weighted by molar-refractivity contribution is 9.09. The topological polar surface area (TPSA) is 0 Å². The second kappa shape index (κ2) is 1.98. The van der Waals surface area contributed by atoms with Gasteiger partial charge in [0.15, 0.2) is 0 Å². The van der Waals surface area contributed by atoms with Gasteiger partial charge in [-0.3, -0.25) is 0 Å². The van der Waals surface area contributed by atoms with Gasteiger partial charge in [-0.15, -0.1) is 0 Å². The minimum Gasteiger partial charge on any atom is -0.0925 e. The van der Waals surface area contributed by atoms with Gasteiger partial charge in [-0.1, -0.05) is 22.4 Å². The Labute approximate surface area is 65.1 Å². The molecule has 0 aromatic rings. The fourth-order valence-corrected chi connectivity index (χ4v) is 3.30. The Hall–Kier alpha value is 0.480. The van der Waals surface area contributed by atoms with E-state index < -0.39 is 0 Å². The van der Waals surface area contributed by atoms with E-state index in [0.717, 1.165) is 11.3 Å². The van der Waals surface area contributed by atoms with Gasteiger partial charge in [-0.05, 0) is 37.0 Å². The van der Waals surface area contributed by atoms with Crippen LogP contribution in [-0.2, 0) is 0 Å². The first-order chi connectivity index (χ1) is 4.37. The van der Waals surface area contributed by atoms with Gasteiger partial charge in [0.05, 0.1) is 0 Å². The minimum absolute atomic E-state index is 0.865. The van der Waals surface area contributed by atoms with Gasteiger partial charge in [0.1, 0.15) is 0 Å². The van der Waals surface area contributed by atoms with Crippen LogP contribution in [0.15, 0.2) is 0 Å². The molecule has 2 aliphatic rings. The highest BCUT2D eigenvalue weighted by Crippen LogP contribution is 2.60. The summed E-state index contributed by atoms with van der Waals surface area (Å²) >= 11 is 3.58. The Morgan fingerprint density at radius 3 is 2.22 bits per heavy atom. The molecule has 1 unspecified atom stereocenters. The lowest BCUT2D eigenvalue weighted by Crippen LogP contribution is -2.46. The maximum absolute atomic E-state index is 3.58. The third kappa shape index (κ3) is 0.705. The SMILES string of the molecule is BrCC1CCC12CCC2. The number of hydrogen-bond acceptors (Lipinski definition) is 0. The van der Waals surface area contributed by atoms with Gasteiger partial charge in [0.2, 0.25) is 0 Å². The molecule has 0 aromatic heterocycles. The zero-order valence-corrected chi connectivity index (χ0v) is 7.28. The van der Waals surface area contributed by atoms with E-state index in [1.54, 1.807) is 0 Å². The van der Waals surface area contributed by atoms with Crippen LogP contribution in [0.25, 0.3) is 0 Å². The molecule has 0 aromatic carbocycles. The fraction of sp³-hybridized carbons (Fsp3) is 1.00. The van der Waals surface area contributed by atoms with Crippen molar-refractivity contribution in [3.8, 4) is 0 Å². The van der Waals surface area contributed by atoms with Crippen molar-refractivity contribution in [2.45, 2.75) is 32.1 Å². The summed E-state index contributed by atoms with van der Waals surface area (Å²) in [7, 11) is 0. The van der Waals surface area contributed by atoms with Gasteiger partial charge in [-0.25, -0.2) is 0 Å². The quantitative estimate of drug-likeness (QED) is 0.556. The van der Waals surface area contributed by atoms with Crippen molar-refractivity contribution in [1.82, 2.24) is 0 Å². The molecule has 0 N–H and O–H groups in total. The summed E-state index contributed by atoms with van der Waals surface area (Å²) in [5.41, 5.74) is 0.865. The molecule has 2 fully saturated rings. The molecule has 0 aliphatic heterocycles. The Kier molecular flexibility index (Phi) is 1.37. The second-order valence-electron chi connectivity index (χ2n) is 3.61. The van der Waals surface area contributed by atoms with Crippen LogP contribution in [0.2, 0.25) is 0 Å². The van der Waals surface area contributed by atoms with Gasteiger partial charge in [0, 0.05) is 5.33 Å². The molecule has 0 amide bonds. The number of halogens is 1.